The van der Waals surface area contributed by atoms with Crippen LogP contribution in [0.5, 0.6) is 0 Å². The summed E-state index contributed by atoms with van der Waals surface area (Å²) in [6.07, 6.45) is 0. The Balaban J connectivity index is 1.85. The zero-order valence-electron chi connectivity index (χ0n) is 15.2. The lowest BCUT2D eigenvalue weighted by Crippen LogP contribution is -2.17. The fourth-order valence-electron chi connectivity index (χ4n) is 2.12. The predicted molar refractivity (Wildman–Crippen MR) is 109 cm³/mol. The minimum atomic E-state index is -0.576. The quantitative estimate of drug-likeness (QED) is 0.223. The summed E-state index contributed by atoms with van der Waals surface area (Å²) in [6, 6.07) is 14.6. The van der Waals surface area contributed by atoms with Crippen LogP contribution >= 0.6 is 23.4 Å². The molecular weight excluding hydrogens is 400 g/mol. The highest BCUT2D eigenvalue weighted by Gasteiger charge is 2.20. The maximum absolute atomic E-state index is 12.3. The summed E-state index contributed by atoms with van der Waals surface area (Å²) in [6.45, 7) is 3.94. The lowest BCUT2D eigenvalue weighted by atomic mass is 10.2. The number of anilines is 1. The number of nitrogens with zero attached hydrogens (tertiary/aromatic N) is 5. The second-order valence-electron chi connectivity index (χ2n) is 5.57. The van der Waals surface area contributed by atoms with Crippen molar-refractivity contribution in [1.29, 1.82) is 0 Å². The first-order valence-electron chi connectivity index (χ1n) is 8.36. The third-order valence-corrected chi connectivity index (χ3v) is 4.63. The van der Waals surface area contributed by atoms with Crippen molar-refractivity contribution in [2.45, 2.75) is 19.0 Å². The van der Waals surface area contributed by atoms with Crippen molar-refractivity contribution >= 4 is 40.1 Å². The topological polar surface area (TPSA) is 94.3 Å². The van der Waals surface area contributed by atoms with Crippen LogP contribution < -0.4 is 5.43 Å². The second-order valence-corrected chi connectivity index (χ2v) is 6.96. The summed E-state index contributed by atoms with van der Waals surface area (Å²) < 4.78 is 6.62. The molecule has 28 heavy (non-hydrogen) atoms. The number of hydrazone groups is 1. The van der Waals surface area contributed by atoms with Gasteiger partial charge in [0.25, 0.3) is 0 Å². The third kappa shape index (κ3) is 5.08. The van der Waals surface area contributed by atoms with Crippen LogP contribution in [0, 0.1) is 6.92 Å². The molecule has 0 saturated carbocycles. The summed E-state index contributed by atoms with van der Waals surface area (Å²) in [5.41, 5.74) is 5.38. The van der Waals surface area contributed by atoms with E-state index in [2.05, 4.69) is 26.1 Å². The Bertz CT molecular complexity index is 973. The number of hydrogen-bond donors (Lipinski definition) is 1. The van der Waals surface area contributed by atoms with Crippen molar-refractivity contribution in [3.63, 3.8) is 0 Å². The van der Waals surface area contributed by atoms with Crippen LogP contribution in [0.1, 0.15) is 12.5 Å². The maximum Gasteiger partial charge on any atom is 0.365 e. The summed E-state index contributed by atoms with van der Waals surface area (Å²) in [4.78, 5) is 12.3. The van der Waals surface area contributed by atoms with E-state index in [-0.39, 0.29) is 11.7 Å². The number of tetrazole rings is 1. The van der Waals surface area contributed by atoms with E-state index in [1.807, 2.05) is 31.2 Å². The van der Waals surface area contributed by atoms with Gasteiger partial charge < -0.3 is 4.74 Å². The molecule has 0 radical (unpaired) electrons. The Morgan fingerprint density at radius 1 is 1.21 bits per heavy atom. The van der Waals surface area contributed by atoms with E-state index in [9.17, 15) is 4.79 Å². The second kappa shape index (κ2) is 9.34. The van der Waals surface area contributed by atoms with Gasteiger partial charge in [0, 0.05) is 5.02 Å². The number of benzene rings is 2. The van der Waals surface area contributed by atoms with Gasteiger partial charge in [-0.15, -0.1) is 5.10 Å². The number of esters is 1. The lowest BCUT2D eigenvalue weighted by Gasteiger charge is -2.07. The first kappa shape index (κ1) is 19.8. The Morgan fingerprint density at radius 3 is 2.61 bits per heavy atom. The first-order valence-corrected chi connectivity index (χ1v) is 9.56. The van der Waals surface area contributed by atoms with Gasteiger partial charge in [-0.25, -0.2) is 4.79 Å². The van der Waals surface area contributed by atoms with Crippen molar-refractivity contribution in [3.05, 3.63) is 59.1 Å². The Kier molecular flexibility index (Phi) is 6.62. The Morgan fingerprint density at radius 2 is 1.93 bits per heavy atom. The van der Waals surface area contributed by atoms with Gasteiger partial charge >= 0.3 is 5.97 Å². The molecule has 0 bridgehead atoms. The van der Waals surface area contributed by atoms with Gasteiger partial charge in [0.1, 0.15) is 0 Å². The molecule has 0 atom stereocenters. The van der Waals surface area contributed by atoms with Gasteiger partial charge in [-0.1, -0.05) is 29.3 Å². The van der Waals surface area contributed by atoms with Crippen LogP contribution in [0.2, 0.25) is 5.02 Å². The molecule has 1 heterocycles. The van der Waals surface area contributed by atoms with E-state index < -0.39 is 5.97 Å². The highest BCUT2D eigenvalue weighted by atomic mass is 35.5. The highest BCUT2D eigenvalue weighted by molar-refractivity contribution is 8.15. The molecule has 0 aliphatic carbocycles. The van der Waals surface area contributed by atoms with Crippen molar-refractivity contribution in [2.24, 2.45) is 5.10 Å². The number of rotatable bonds is 5. The largest absolute Gasteiger partial charge is 0.461 e. The smallest absolute Gasteiger partial charge is 0.365 e. The molecule has 0 amide bonds. The van der Waals surface area contributed by atoms with Gasteiger partial charge in [0.05, 0.1) is 18.0 Å². The van der Waals surface area contributed by atoms with Gasteiger partial charge in [-0.3, -0.25) is 5.43 Å². The minimum absolute atomic E-state index is 0.0694. The average Bonchev–Trinajstić information content (AvgIpc) is 3.15. The average molecular weight is 417 g/mol. The predicted octanol–water partition coefficient (Wildman–Crippen LogP) is 3.70. The van der Waals surface area contributed by atoms with Crippen LogP contribution in [-0.2, 0) is 9.53 Å². The molecule has 1 aromatic heterocycles. The number of aromatic nitrogens is 4. The molecule has 10 heteroatoms. The normalized spacial score (nSPS) is 11.3. The standard InChI is InChI=1S/C18H17ClN6O2S/c1-3-27-17(26)16(21-20-14-8-6-13(19)7-9-14)28-18-22-23-24-25(18)15-10-4-12(2)5-11-15/h4-11,20H,3H2,1-2H3/b21-16+. The summed E-state index contributed by atoms with van der Waals surface area (Å²) in [5.74, 6) is -0.576. The maximum atomic E-state index is 12.3. The molecule has 3 rings (SSSR count). The van der Waals surface area contributed by atoms with Crippen LogP contribution in [0.4, 0.5) is 5.69 Å². The van der Waals surface area contributed by atoms with Crippen molar-refractivity contribution in [1.82, 2.24) is 20.2 Å². The third-order valence-electron chi connectivity index (χ3n) is 3.49. The number of ether oxygens (including phenoxy) is 1. The van der Waals surface area contributed by atoms with Gasteiger partial charge in [-0.05, 0) is 72.4 Å². The Hall–Kier alpha value is -2.91. The summed E-state index contributed by atoms with van der Waals surface area (Å²) in [7, 11) is 0. The van der Waals surface area contributed by atoms with E-state index in [1.165, 1.54) is 4.68 Å². The van der Waals surface area contributed by atoms with Crippen LogP contribution in [0.3, 0.4) is 0 Å². The molecule has 3 aromatic rings. The van der Waals surface area contributed by atoms with Crippen molar-refractivity contribution in [3.8, 4) is 5.69 Å². The molecule has 0 unspecified atom stereocenters. The SMILES string of the molecule is CCOC(=O)/C(=N\Nc1ccc(Cl)cc1)Sc1nnnn1-c1ccc(C)cc1. The Labute approximate surface area is 170 Å². The van der Waals surface area contributed by atoms with E-state index in [4.69, 9.17) is 16.3 Å². The van der Waals surface area contributed by atoms with E-state index in [0.717, 1.165) is 23.0 Å². The number of carbonyl (C=O) groups is 1. The molecule has 8 nitrogen and oxygen atoms in total. The molecule has 0 saturated heterocycles. The van der Waals surface area contributed by atoms with Crippen LogP contribution in [-0.4, -0.2) is 37.8 Å². The van der Waals surface area contributed by atoms with Crippen molar-refractivity contribution in [2.75, 3.05) is 12.0 Å². The molecule has 0 fully saturated rings. The van der Waals surface area contributed by atoms with Crippen LogP contribution in [0.15, 0.2) is 58.8 Å². The van der Waals surface area contributed by atoms with E-state index >= 15 is 0 Å². The fourth-order valence-corrected chi connectivity index (χ4v) is 2.96. The lowest BCUT2D eigenvalue weighted by molar-refractivity contribution is -0.134. The number of thioether (sulfide) groups is 1. The molecule has 1 N–H and O–H groups in total. The number of aryl methyl sites for hydroxylation is 1. The molecule has 144 valence electrons. The minimum Gasteiger partial charge on any atom is -0.461 e. The summed E-state index contributed by atoms with van der Waals surface area (Å²) in [5, 5.41) is 16.9. The monoisotopic (exact) mass is 416 g/mol. The highest BCUT2D eigenvalue weighted by Crippen LogP contribution is 2.21. The first-order chi connectivity index (χ1) is 13.6. The number of hydrogen-bond acceptors (Lipinski definition) is 8. The number of nitrogens with one attached hydrogen (secondary N) is 1. The van der Waals surface area contributed by atoms with E-state index in [1.54, 1.807) is 31.2 Å². The zero-order valence-corrected chi connectivity index (χ0v) is 16.7. The molecule has 0 spiro atoms. The molecule has 2 aromatic carbocycles. The van der Waals surface area contributed by atoms with Gasteiger partial charge in [-0.2, -0.15) is 9.78 Å². The van der Waals surface area contributed by atoms with Gasteiger partial charge in [0.2, 0.25) is 10.2 Å². The summed E-state index contributed by atoms with van der Waals surface area (Å²) >= 11 is 6.88. The van der Waals surface area contributed by atoms with Crippen molar-refractivity contribution < 1.29 is 9.53 Å². The van der Waals surface area contributed by atoms with Crippen LogP contribution in [0.25, 0.3) is 5.69 Å². The van der Waals surface area contributed by atoms with Gasteiger partial charge in [0.15, 0.2) is 0 Å². The van der Waals surface area contributed by atoms with E-state index in [0.29, 0.717) is 15.9 Å². The molecular formula is C18H17ClN6O2S. The molecule has 0 aliphatic rings. The number of halogens is 1. The molecule has 0 aliphatic heterocycles. The zero-order chi connectivity index (χ0) is 19.9. The number of carbonyl (C=O) groups excluding carboxylic acids is 1. The fraction of sp³-hybridized carbons (Fsp3) is 0.167.